The number of benzene rings is 1. The Hall–Kier alpha value is -2.76. The summed E-state index contributed by atoms with van der Waals surface area (Å²) in [6, 6.07) is 9.91. The molecule has 3 aromatic rings. The molecule has 1 aromatic carbocycles. The van der Waals surface area contributed by atoms with E-state index in [0.717, 1.165) is 17.1 Å². The smallest absolute Gasteiger partial charge is 0.123 e. The lowest BCUT2D eigenvalue weighted by Crippen LogP contribution is -2.02. The quantitative estimate of drug-likeness (QED) is 0.765. The Kier molecular flexibility index (Phi) is 3.14. The normalized spacial score (nSPS) is 10.3. The van der Waals surface area contributed by atoms with Crippen LogP contribution < -0.4 is 5.32 Å². The summed E-state index contributed by atoms with van der Waals surface area (Å²) in [6.07, 6.45) is 6.62. The van der Waals surface area contributed by atoms with Crippen LogP contribution in [0.2, 0.25) is 0 Å². The van der Waals surface area contributed by atoms with Crippen molar-refractivity contribution in [2.75, 3.05) is 5.32 Å². The molecule has 0 aliphatic carbocycles. The molecule has 2 heterocycles. The number of nitrogens with one attached hydrogen (secondary N) is 1. The zero-order chi connectivity index (χ0) is 12.9. The van der Waals surface area contributed by atoms with Gasteiger partial charge in [-0.05, 0) is 24.3 Å². The van der Waals surface area contributed by atoms with E-state index in [-0.39, 0.29) is 0 Å². The summed E-state index contributed by atoms with van der Waals surface area (Å²) in [5.41, 5.74) is 2.98. The Morgan fingerprint density at radius 3 is 2.79 bits per heavy atom. The van der Waals surface area contributed by atoms with E-state index in [2.05, 4.69) is 25.5 Å². The number of nitrogens with zero attached hydrogens (tertiary/aromatic N) is 5. The first-order valence-corrected chi connectivity index (χ1v) is 5.86. The predicted octanol–water partition coefficient (Wildman–Crippen LogP) is 1.67. The Morgan fingerprint density at radius 1 is 1.11 bits per heavy atom. The van der Waals surface area contributed by atoms with Gasteiger partial charge in [0, 0.05) is 11.9 Å². The van der Waals surface area contributed by atoms with Crippen LogP contribution in [0.5, 0.6) is 0 Å². The van der Waals surface area contributed by atoms with Gasteiger partial charge in [0.05, 0.1) is 17.9 Å². The Morgan fingerprint density at radius 2 is 2.00 bits per heavy atom. The van der Waals surface area contributed by atoms with Gasteiger partial charge in [-0.2, -0.15) is 0 Å². The zero-order valence-electron chi connectivity index (χ0n) is 10.1. The summed E-state index contributed by atoms with van der Waals surface area (Å²) in [5.74, 6) is 0. The van der Waals surface area contributed by atoms with Gasteiger partial charge in [-0.3, -0.25) is 4.57 Å². The van der Waals surface area contributed by atoms with Gasteiger partial charge in [-0.25, -0.2) is 9.97 Å². The molecule has 0 fully saturated rings. The van der Waals surface area contributed by atoms with Crippen molar-refractivity contribution in [3.63, 3.8) is 0 Å². The maximum atomic E-state index is 4.17. The van der Waals surface area contributed by atoms with E-state index in [0.29, 0.717) is 6.54 Å². The van der Waals surface area contributed by atoms with Crippen LogP contribution in [0.25, 0.3) is 5.69 Å². The third-order valence-corrected chi connectivity index (χ3v) is 2.68. The van der Waals surface area contributed by atoms with Gasteiger partial charge < -0.3 is 5.32 Å². The van der Waals surface area contributed by atoms with Crippen LogP contribution in [0.15, 0.2) is 55.5 Å². The van der Waals surface area contributed by atoms with Crippen LogP contribution in [-0.2, 0) is 6.54 Å². The molecular formula is C13H12N6. The fourth-order valence-corrected chi connectivity index (χ4v) is 1.73. The van der Waals surface area contributed by atoms with Crippen LogP contribution in [0.1, 0.15) is 5.69 Å². The molecule has 0 atom stereocenters. The van der Waals surface area contributed by atoms with Crippen LogP contribution >= 0.6 is 0 Å². The van der Waals surface area contributed by atoms with E-state index >= 15 is 0 Å². The molecule has 2 aromatic heterocycles. The van der Waals surface area contributed by atoms with Crippen LogP contribution in [-0.4, -0.2) is 24.7 Å². The van der Waals surface area contributed by atoms with Gasteiger partial charge in [0.25, 0.3) is 0 Å². The van der Waals surface area contributed by atoms with Gasteiger partial charge in [0.2, 0.25) is 0 Å². The van der Waals surface area contributed by atoms with Crippen molar-refractivity contribution in [2.24, 2.45) is 0 Å². The molecule has 19 heavy (non-hydrogen) atoms. The van der Waals surface area contributed by atoms with Crippen molar-refractivity contribution in [3.8, 4) is 5.69 Å². The molecule has 94 valence electrons. The number of aromatic nitrogens is 5. The SMILES string of the molecule is c1cc(NCc2ccncn2)cc(-n2cnnc2)c1. The predicted molar refractivity (Wildman–Crippen MR) is 70.7 cm³/mol. The first-order chi connectivity index (χ1) is 9.42. The monoisotopic (exact) mass is 252 g/mol. The highest BCUT2D eigenvalue weighted by Crippen LogP contribution is 2.14. The van der Waals surface area contributed by atoms with Crippen molar-refractivity contribution in [3.05, 3.63) is 61.2 Å². The molecule has 0 unspecified atom stereocenters. The van der Waals surface area contributed by atoms with Crippen LogP contribution in [0.3, 0.4) is 0 Å². The Bertz CT molecular complexity index is 635. The first kappa shape index (κ1) is 11.3. The molecule has 0 bridgehead atoms. The van der Waals surface area contributed by atoms with Crippen LogP contribution in [0, 0.1) is 0 Å². The average molecular weight is 252 g/mol. The molecule has 6 heteroatoms. The highest BCUT2D eigenvalue weighted by molar-refractivity contribution is 5.51. The van der Waals surface area contributed by atoms with Crippen molar-refractivity contribution in [1.29, 1.82) is 0 Å². The molecule has 3 rings (SSSR count). The van der Waals surface area contributed by atoms with E-state index in [1.165, 1.54) is 0 Å². The minimum Gasteiger partial charge on any atom is -0.379 e. The zero-order valence-corrected chi connectivity index (χ0v) is 10.1. The second kappa shape index (κ2) is 5.26. The molecule has 0 radical (unpaired) electrons. The second-order valence-electron chi connectivity index (χ2n) is 3.97. The van der Waals surface area contributed by atoms with Gasteiger partial charge in [0.1, 0.15) is 19.0 Å². The molecule has 0 saturated carbocycles. The number of hydrogen-bond donors (Lipinski definition) is 1. The van der Waals surface area contributed by atoms with Crippen molar-refractivity contribution >= 4 is 5.69 Å². The van der Waals surface area contributed by atoms with Gasteiger partial charge in [-0.15, -0.1) is 10.2 Å². The largest absolute Gasteiger partial charge is 0.379 e. The average Bonchev–Trinajstić information content (AvgIpc) is 3.01. The topological polar surface area (TPSA) is 68.5 Å². The summed E-state index contributed by atoms with van der Waals surface area (Å²) in [6.45, 7) is 0.661. The lowest BCUT2D eigenvalue weighted by molar-refractivity contribution is 1.00. The molecule has 0 spiro atoms. The van der Waals surface area contributed by atoms with Crippen molar-refractivity contribution in [1.82, 2.24) is 24.7 Å². The van der Waals surface area contributed by atoms with Gasteiger partial charge in [0.15, 0.2) is 0 Å². The molecular weight excluding hydrogens is 240 g/mol. The van der Waals surface area contributed by atoms with Crippen LogP contribution in [0.4, 0.5) is 5.69 Å². The summed E-state index contributed by atoms with van der Waals surface area (Å²) < 4.78 is 1.86. The summed E-state index contributed by atoms with van der Waals surface area (Å²) in [5, 5.41) is 10.9. The molecule has 0 amide bonds. The molecule has 0 aliphatic rings. The van der Waals surface area contributed by atoms with E-state index in [1.807, 2.05) is 34.9 Å². The highest BCUT2D eigenvalue weighted by atomic mass is 15.2. The summed E-state index contributed by atoms with van der Waals surface area (Å²) >= 11 is 0. The minimum absolute atomic E-state index is 0.661. The lowest BCUT2D eigenvalue weighted by atomic mass is 10.2. The lowest BCUT2D eigenvalue weighted by Gasteiger charge is -2.08. The Balaban J connectivity index is 1.74. The Labute approximate surface area is 110 Å². The van der Waals surface area contributed by atoms with Gasteiger partial charge >= 0.3 is 0 Å². The highest BCUT2D eigenvalue weighted by Gasteiger charge is 1.99. The van der Waals surface area contributed by atoms with E-state index in [1.54, 1.807) is 25.2 Å². The van der Waals surface area contributed by atoms with E-state index < -0.39 is 0 Å². The maximum absolute atomic E-state index is 4.17. The van der Waals surface area contributed by atoms with E-state index in [9.17, 15) is 0 Å². The summed E-state index contributed by atoms with van der Waals surface area (Å²) in [7, 11) is 0. The fourth-order valence-electron chi connectivity index (χ4n) is 1.73. The third kappa shape index (κ3) is 2.74. The second-order valence-corrected chi connectivity index (χ2v) is 3.97. The summed E-state index contributed by atoms with van der Waals surface area (Å²) in [4.78, 5) is 8.06. The van der Waals surface area contributed by atoms with Crippen molar-refractivity contribution < 1.29 is 0 Å². The number of anilines is 1. The maximum Gasteiger partial charge on any atom is 0.123 e. The minimum atomic E-state index is 0.661. The number of hydrogen-bond acceptors (Lipinski definition) is 5. The molecule has 0 aliphatic heterocycles. The van der Waals surface area contributed by atoms with Crippen molar-refractivity contribution in [2.45, 2.75) is 6.54 Å². The van der Waals surface area contributed by atoms with E-state index in [4.69, 9.17) is 0 Å². The molecule has 6 nitrogen and oxygen atoms in total. The fraction of sp³-hybridized carbons (Fsp3) is 0.0769. The van der Waals surface area contributed by atoms with Gasteiger partial charge in [-0.1, -0.05) is 6.07 Å². The standard InChI is InChI=1S/C13H12N6/c1-2-11(15-7-12-4-5-14-8-16-12)6-13(3-1)19-9-17-18-10-19/h1-6,8-10,15H,7H2. The third-order valence-electron chi connectivity index (χ3n) is 2.68. The number of rotatable bonds is 4. The first-order valence-electron chi connectivity index (χ1n) is 5.86. The molecule has 1 N–H and O–H groups in total. The molecule has 0 saturated heterocycles.